The second-order valence-electron chi connectivity index (χ2n) is 3.86. The number of hydrogen-bond donors (Lipinski definition) is 0. The van der Waals surface area contributed by atoms with E-state index in [-0.39, 0.29) is 6.10 Å². The molecule has 0 aliphatic rings. The molecule has 4 heteroatoms. The Balaban J connectivity index is 2.67. The Bertz CT molecular complexity index is 294. The van der Waals surface area contributed by atoms with Crippen LogP contribution in [-0.4, -0.2) is 15.9 Å². The van der Waals surface area contributed by atoms with Crippen LogP contribution in [0.25, 0.3) is 0 Å². The van der Waals surface area contributed by atoms with Crippen LogP contribution in [0.4, 0.5) is 0 Å². The Labute approximate surface area is 90.0 Å². The molecule has 0 atom stereocenters. The lowest BCUT2D eigenvalue weighted by molar-refractivity contribution is 0.0632. The molecule has 1 aromatic rings. The minimum Gasteiger partial charge on any atom is -0.372 e. The summed E-state index contributed by atoms with van der Waals surface area (Å²) in [7, 11) is 0. The summed E-state index contributed by atoms with van der Waals surface area (Å²) in [6, 6.07) is 0.334. The van der Waals surface area contributed by atoms with Crippen molar-refractivity contribution in [1.29, 1.82) is 0 Å². The number of ether oxygens (including phenoxy) is 1. The van der Waals surface area contributed by atoms with E-state index in [1.165, 1.54) is 0 Å². The third kappa shape index (κ3) is 3.00. The predicted octanol–water partition coefficient (Wildman–Crippen LogP) is 3.04. The second kappa shape index (κ2) is 4.80. The first-order valence-corrected chi connectivity index (χ1v) is 5.23. The fraction of sp³-hybridized carbons (Fsp3) is 0.700. The van der Waals surface area contributed by atoms with Gasteiger partial charge < -0.3 is 4.74 Å². The molecule has 0 bridgehead atoms. The molecule has 0 aromatic carbocycles. The van der Waals surface area contributed by atoms with Crippen molar-refractivity contribution in [3.05, 3.63) is 16.9 Å². The monoisotopic (exact) mass is 216 g/mol. The molecule has 0 fully saturated rings. The Kier molecular flexibility index (Phi) is 3.96. The lowest BCUT2D eigenvalue weighted by atomic mass is 10.4. The van der Waals surface area contributed by atoms with E-state index in [9.17, 15) is 0 Å². The molecule has 1 rings (SSSR count). The van der Waals surface area contributed by atoms with Crippen LogP contribution >= 0.6 is 11.6 Å². The summed E-state index contributed by atoms with van der Waals surface area (Å²) in [5.41, 5.74) is 0.814. The first-order valence-electron chi connectivity index (χ1n) is 4.85. The molecule has 0 saturated carbocycles. The average molecular weight is 217 g/mol. The summed E-state index contributed by atoms with van der Waals surface area (Å²) in [6.07, 6.45) is 2.04. The molecule has 0 unspecified atom stereocenters. The minimum atomic E-state index is 0.204. The fourth-order valence-electron chi connectivity index (χ4n) is 1.01. The standard InChI is InChI=1S/C10H17ClN2O/c1-7(2)13-5-9(11)10(12-13)6-14-8(3)4/h5,7-8H,6H2,1-4H3. The topological polar surface area (TPSA) is 27.1 Å². The number of nitrogens with zero attached hydrogens (tertiary/aromatic N) is 2. The lowest BCUT2D eigenvalue weighted by Gasteiger charge is -2.06. The first kappa shape index (κ1) is 11.5. The zero-order chi connectivity index (χ0) is 10.7. The Morgan fingerprint density at radius 3 is 2.50 bits per heavy atom. The van der Waals surface area contributed by atoms with Crippen LogP contribution in [0.5, 0.6) is 0 Å². The number of halogens is 1. The van der Waals surface area contributed by atoms with Gasteiger partial charge in [0.05, 0.1) is 17.7 Å². The highest BCUT2D eigenvalue weighted by molar-refractivity contribution is 6.31. The van der Waals surface area contributed by atoms with Crippen LogP contribution in [0.1, 0.15) is 39.4 Å². The summed E-state index contributed by atoms with van der Waals surface area (Å²) in [5, 5.41) is 5.02. The molecule has 0 radical (unpaired) electrons. The molecule has 0 aliphatic carbocycles. The first-order chi connectivity index (χ1) is 6.50. The SMILES string of the molecule is CC(C)OCc1nn(C(C)C)cc1Cl. The molecular weight excluding hydrogens is 200 g/mol. The maximum atomic E-state index is 6.01. The second-order valence-corrected chi connectivity index (χ2v) is 4.26. The number of hydrogen-bond acceptors (Lipinski definition) is 2. The number of aromatic nitrogens is 2. The van der Waals surface area contributed by atoms with Gasteiger partial charge in [0.15, 0.2) is 0 Å². The highest BCUT2D eigenvalue weighted by atomic mass is 35.5. The van der Waals surface area contributed by atoms with E-state index in [1.807, 2.05) is 24.7 Å². The maximum absolute atomic E-state index is 6.01. The van der Waals surface area contributed by atoms with Crippen molar-refractivity contribution < 1.29 is 4.74 Å². The van der Waals surface area contributed by atoms with Crippen LogP contribution < -0.4 is 0 Å². The van der Waals surface area contributed by atoms with Crippen LogP contribution in [0.15, 0.2) is 6.20 Å². The molecule has 80 valence electrons. The van der Waals surface area contributed by atoms with Gasteiger partial charge in [-0.1, -0.05) is 11.6 Å². The molecule has 3 nitrogen and oxygen atoms in total. The smallest absolute Gasteiger partial charge is 0.107 e. The third-order valence-corrected chi connectivity index (χ3v) is 2.16. The van der Waals surface area contributed by atoms with E-state index in [0.717, 1.165) is 5.69 Å². The molecule has 0 N–H and O–H groups in total. The van der Waals surface area contributed by atoms with Gasteiger partial charge in [0, 0.05) is 12.2 Å². The van der Waals surface area contributed by atoms with Gasteiger partial charge in [-0.05, 0) is 27.7 Å². The van der Waals surface area contributed by atoms with E-state index in [0.29, 0.717) is 17.7 Å². The average Bonchev–Trinajstić information content (AvgIpc) is 2.43. The highest BCUT2D eigenvalue weighted by Crippen LogP contribution is 2.17. The van der Waals surface area contributed by atoms with Crippen LogP contribution in [-0.2, 0) is 11.3 Å². The molecule has 0 spiro atoms. The normalized spacial score (nSPS) is 11.6. The largest absolute Gasteiger partial charge is 0.372 e. The van der Waals surface area contributed by atoms with Gasteiger partial charge in [0.2, 0.25) is 0 Å². The highest BCUT2D eigenvalue weighted by Gasteiger charge is 2.09. The van der Waals surface area contributed by atoms with Crippen LogP contribution in [0.3, 0.4) is 0 Å². The summed E-state index contributed by atoms with van der Waals surface area (Å²) in [5.74, 6) is 0. The molecular formula is C10H17ClN2O. The molecule has 14 heavy (non-hydrogen) atoms. The Morgan fingerprint density at radius 1 is 1.43 bits per heavy atom. The van der Waals surface area contributed by atoms with E-state index in [1.54, 1.807) is 0 Å². The quantitative estimate of drug-likeness (QED) is 0.774. The Morgan fingerprint density at radius 2 is 2.07 bits per heavy atom. The summed E-state index contributed by atoms with van der Waals surface area (Å²) >= 11 is 6.01. The number of rotatable bonds is 4. The van der Waals surface area contributed by atoms with Crippen molar-refractivity contribution in [2.75, 3.05) is 0 Å². The fourth-order valence-corrected chi connectivity index (χ4v) is 1.21. The molecule has 1 aromatic heterocycles. The maximum Gasteiger partial charge on any atom is 0.107 e. The van der Waals surface area contributed by atoms with Gasteiger partial charge in [-0.2, -0.15) is 5.10 Å². The van der Waals surface area contributed by atoms with Crippen molar-refractivity contribution in [2.45, 2.75) is 46.4 Å². The molecule has 0 saturated heterocycles. The summed E-state index contributed by atoms with van der Waals surface area (Å²) < 4.78 is 7.29. The zero-order valence-corrected chi connectivity index (χ0v) is 9.88. The van der Waals surface area contributed by atoms with Crippen LogP contribution in [0.2, 0.25) is 5.02 Å². The van der Waals surface area contributed by atoms with Gasteiger partial charge in [0.25, 0.3) is 0 Å². The van der Waals surface area contributed by atoms with Crippen molar-refractivity contribution >= 4 is 11.6 Å². The summed E-state index contributed by atoms with van der Waals surface area (Å²) in [4.78, 5) is 0. The van der Waals surface area contributed by atoms with Crippen molar-refractivity contribution in [3.8, 4) is 0 Å². The van der Waals surface area contributed by atoms with E-state index in [4.69, 9.17) is 16.3 Å². The third-order valence-electron chi connectivity index (χ3n) is 1.84. The van der Waals surface area contributed by atoms with Gasteiger partial charge in [-0.15, -0.1) is 0 Å². The minimum absolute atomic E-state index is 0.204. The van der Waals surface area contributed by atoms with Gasteiger partial charge in [-0.25, -0.2) is 0 Å². The Hall–Kier alpha value is -0.540. The van der Waals surface area contributed by atoms with Crippen molar-refractivity contribution in [2.24, 2.45) is 0 Å². The van der Waals surface area contributed by atoms with Gasteiger partial charge >= 0.3 is 0 Å². The van der Waals surface area contributed by atoms with Gasteiger partial charge in [0.1, 0.15) is 5.69 Å². The van der Waals surface area contributed by atoms with Crippen molar-refractivity contribution in [1.82, 2.24) is 9.78 Å². The van der Waals surface area contributed by atoms with Crippen molar-refractivity contribution in [3.63, 3.8) is 0 Å². The van der Waals surface area contributed by atoms with E-state index >= 15 is 0 Å². The van der Waals surface area contributed by atoms with E-state index < -0.39 is 0 Å². The zero-order valence-electron chi connectivity index (χ0n) is 9.12. The molecule has 0 amide bonds. The molecule has 1 heterocycles. The molecule has 0 aliphatic heterocycles. The summed E-state index contributed by atoms with van der Waals surface area (Å²) in [6.45, 7) is 8.60. The predicted molar refractivity (Wildman–Crippen MR) is 57.5 cm³/mol. The van der Waals surface area contributed by atoms with Gasteiger partial charge in [-0.3, -0.25) is 4.68 Å². The van der Waals surface area contributed by atoms with Crippen LogP contribution in [0, 0.1) is 0 Å². The van der Waals surface area contributed by atoms with E-state index in [2.05, 4.69) is 18.9 Å². The lowest BCUT2D eigenvalue weighted by Crippen LogP contribution is -2.05.